The van der Waals surface area contributed by atoms with E-state index in [1.54, 1.807) is 17.0 Å². The van der Waals surface area contributed by atoms with Crippen molar-refractivity contribution in [1.29, 1.82) is 0 Å². The van der Waals surface area contributed by atoms with E-state index in [0.717, 1.165) is 29.7 Å². The van der Waals surface area contributed by atoms with Crippen molar-refractivity contribution in [2.75, 3.05) is 18.4 Å². The number of hydrogen-bond acceptors (Lipinski definition) is 4. The topological polar surface area (TPSA) is 53.6 Å². The number of nitrogens with zero attached hydrogens (tertiary/aromatic N) is 1. The van der Waals surface area contributed by atoms with E-state index >= 15 is 0 Å². The van der Waals surface area contributed by atoms with E-state index < -0.39 is 0 Å². The van der Waals surface area contributed by atoms with Crippen molar-refractivity contribution >= 4 is 23.4 Å². The minimum absolute atomic E-state index is 0.210. The van der Waals surface area contributed by atoms with Crippen LogP contribution in [0.4, 0.5) is 14.9 Å². The minimum atomic E-state index is -0.317. The third-order valence-corrected chi connectivity index (χ3v) is 6.59. The summed E-state index contributed by atoms with van der Waals surface area (Å²) in [6.45, 7) is 4.24. The smallest absolute Gasteiger partial charge is 0.410 e. The number of carbonyl (C=O) groups is 1. The lowest BCUT2D eigenvalue weighted by molar-refractivity contribution is 0.0852. The predicted octanol–water partition coefficient (Wildman–Crippen LogP) is 6.54. The van der Waals surface area contributed by atoms with Gasteiger partial charge in [-0.25, -0.2) is 9.18 Å². The summed E-state index contributed by atoms with van der Waals surface area (Å²) in [5.74, 6) is -0.317. The summed E-state index contributed by atoms with van der Waals surface area (Å²) in [4.78, 5) is 14.2. The number of halogens is 2. The van der Waals surface area contributed by atoms with Crippen LogP contribution in [0, 0.1) is 5.82 Å². The zero-order chi connectivity index (χ0) is 24.6. The number of para-hydroxylation sites is 1. The van der Waals surface area contributed by atoms with Crippen molar-refractivity contribution < 1.29 is 13.9 Å². The maximum atomic E-state index is 14.3. The molecule has 0 aromatic heterocycles. The molecule has 0 bridgehead atoms. The first-order valence-corrected chi connectivity index (χ1v) is 12.4. The molecule has 2 N–H and O–H groups in total. The van der Waals surface area contributed by atoms with Gasteiger partial charge in [0.15, 0.2) is 0 Å². The lowest BCUT2D eigenvalue weighted by atomic mass is 10.0. The van der Waals surface area contributed by atoms with E-state index in [1.807, 2.05) is 55.5 Å². The molecule has 1 unspecified atom stereocenters. The Hall–Kier alpha value is -3.09. The average molecular weight is 496 g/mol. The van der Waals surface area contributed by atoms with Gasteiger partial charge in [0.1, 0.15) is 12.4 Å². The molecule has 0 aliphatic carbocycles. The molecule has 7 heteroatoms. The van der Waals surface area contributed by atoms with Gasteiger partial charge in [-0.15, -0.1) is 0 Å². The van der Waals surface area contributed by atoms with Crippen molar-refractivity contribution in [3.63, 3.8) is 0 Å². The first-order valence-electron chi connectivity index (χ1n) is 12.0. The first-order chi connectivity index (χ1) is 17.0. The Kier molecular flexibility index (Phi) is 8.61. The molecule has 5 nitrogen and oxygen atoms in total. The fourth-order valence-electron chi connectivity index (χ4n) is 4.31. The molecule has 3 aromatic rings. The highest BCUT2D eigenvalue weighted by atomic mass is 35.5. The third kappa shape index (κ3) is 6.96. The highest BCUT2D eigenvalue weighted by molar-refractivity contribution is 6.30. The number of ether oxygens (including phenoxy) is 1. The molecule has 0 radical (unpaired) electrons. The van der Waals surface area contributed by atoms with Crippen LogP contribution in [-0.4, -0.2) is 30.1 Å². The maximum Gasteiger partial charge on any atom is 0.410 e. The monoisotopic (exact) mass is 495 g/mol. The maximum absolute atomic E-state index is 14.3. The Labute approximate surface area is 211 Å². The summed E-state index contributed by atoms with van der Waals surface area (Å²) in [6, 6.07) is 22.6. The molecule has 1 saturated heterocycles. The average Bonchev–Trinajstić information content (AvgIpc) is 2.87. The van der Waals surface area contributed by atoms with Gasteiger partial charge in [0, 0.05) is 41.9 Å². The first kappa shape index (κ1) is 25.0. The van der Waals surface area contributed by atoms with Gasteiger partial charge in [-0.3, -0.25) is 0 Å². The molecular weight excluding hydrogens is 465 g/mol. The normalized spacial score (nSPS) is 15.0. The Morgan fingerprint density at radius 3 is 2.54 bits per heavy atom. The number of piperidine rings is 1. The van der Waals surface area contributed by atoms with E-state index in [4.69, 9.17) is 16.3 Å². The van der Waals surface area contributed by atoms with E-state index in [0.29, 0.717) is 42.9 Å². The van der Waals surface area contributed by atoms with Crippen molar-refractivity contribution in [1.82, 2.24) is 10.2 Å². The Bertz CT molecular complexity index is 1120. The highest BCUT2D eigenvalue weighted by Gasteiger charge is 2.24. The van der Waals surface area contributed by atoms with Crippen LogP contribution < -0.4 is 10.6 Å². The molecule has 1 heterocycles. The molecule has 1 fully saturated rings. The molecule has 184 valence electrons. The summed E-state index contributed by atoms with van der Waals surface area (Å²) < 4.78 is 19.8. The quantitative estimate of drug-likeness (QED) is 0.372. The fraction of sp³-hybridized carbons (Fsp3) is 0.321. The van der Waals surface area contributed by atoms with Crippen LogP contribution in [0.3, 0.4) is 0 Å². The lowest BCUT2D eigenvalue weighted by Gasteiger charge is -2.32. The SMILES string of the molecule is CC(Nc1ccccc1CNC1CCN(C(=O)OCc2ccccc2)CC1)c1ccc(Cl)cc1F. The Morgan fingerprint density at radius 1 is 1.09 bits per heavy atom. The van der Waals surface area contributed by atoms with Crippen molar-refractivity contribution in [2.45, 2.75) is 45.0 Å². The van der Waals surface area contributed by atoms with Crippen LogP contribution in [0.15, 0.2) is 72.8 Å². The van der Waals surface area contributed by atoms with Crippen LogP contribution in [0.2, 0.25) is 5.02 Å². The van der Waals surface area contributed by atoms with E-state index in [1.165, 1.54) is 6.07 Å². The van der Waals surface area contributed by atoms with Gasteiger partial charge in [0.25, 0.3) is 0 Å². The minimum Gasteiger partial charge on any atom is -0.445 e. The highest BCUT2D eigenvalue weighted by Crippen LogP contribution is 2.26. The van der Waals surface area contributed by atoms with Crippen LogP contribution in [0.1, 0.15) is 42.5 Å². The number of likely N-dealkylation sites (tertiary alicyclic amines) is 1. The largest absolute Gasteiger partial charge is 0.445 e. The Morgan fingerprint density at radius 2 is 1.80 bits per heavy atom. The number of hydrogen-bond donors (Lipinski definition) is 2. The number of benzene rings is 3. The van der Waals surface area contributed by atoms with Crippen LogP contribution in [0.5, 0.6) is 0 Å². The molecular formula is C28H31ClFN3O2. The number of anilines is 1. The number of nitrogens with one attached hydrogen (secondary N) is 2. The lowest BCUT2D eigenvalue weighted by Crippen LogP contribution is -2.44. The van der Waals surface area contributed by atoms with Crippen molar-refractivity contribution in [2.24, 2.45) is 0 Å². The van der Waals surface area contributed by atoms with Gasteiger partial charge in [-0.2, -0.15) is 0 Å². The van der Waals surface area contributed by atoms with Gasteiger partial charge < -0.3 is 20.3 Å². The second-order valence-corrected chi connectivity index (χ2v) is 9.31. The Balaban J connectivity index is 1.26. The number of rotatable bonds is 8. The summed E-state index contributed by atoms with van der Waals surface area (Å²) >= 11 is 5.89. The standard InChI is InChI=1S/C28H31ClFN3O2/c1-20(25-12-11-23(29)17-26(25)30)32-27-10-6-5-9-22(27)18-31-24-13-15-33(16-14-24)28(34)35-19-21-7-3-2-4-8-21/h2-12,17,20,24,31-32H,13-16,18-19H2,1H3. The predicted molar refractivity (Wildman–Crippen MR) is 138 cm³/mol. The third-order valence-electron chi connectivity index (χ3n) is 6.36. The van der Waals surface area contributed by atoms with Gasteiger partial charge in [-0.1, -0.05) is 66.2 Å². The number of carbonyl (C=O) groups excluding carboxylic acids is 1. The number of amides is 1. The van der Waals surface area contributed by atoms with Crippen LogP contribution in [0.25, 0.3) is 0 Å². The summed E-state index contributed by atoms with van der Waals surface area (Å²) in [7, 11) is 0. The molecule has 4 rings (SSSR count). The fourth-order valence-corrected chi connectivity index (χ4v) is 4.47. The molecule has 35 heavy (non-hydrogen) atoms. The van der Waals surface area contributed by atoms with Gasteiger partial charge >= 0.3 is 6.09 Å². The molecule has 3 aromatic carbocycles. The molecule has 0 spiro atoms. The molecule has 1 aliphatic rings. The second kappa shape index (κ2) is 12.0. The summed E-state index contributed by atoms with van der Waals surface area (Å²) in [5.41, 5.74) is 3.63. The summed E-state index contributed by atoms with van der Waals surface area (Å²) in [6.07, 6.45) is 1.47. The second-order valence-electron chi connectivity index (χ2n) is 8.87. The van der Waals surface area contributed by atoms with Crippen LogP contribution in [-0.2, 0) is 17.9 Å². The molecule has 1 amide bonds. The molecule has 0 saturated carbocycles. The molecule has 1 atom stereocenters. The van der Waals surface area contributed by atoms with Gasteiger partial charge in [0.05, 0.1) is 6.04 Å². The van der Waals surface area contributed by atoms with Crippen molar-refractivity contribution in [3.8, 4) is 0 Å². The zero-order valence-electron chi connectivity index (χ0n) is 19.8. The van der Waals surface area contributed by atoms with Crippen molar-refractivity contribution in [3.05, 3.63) is 100 Å². The molecule has 1 aliphatic heterocycles. The van der Waals surface area contributed by atoms with E-state index in [9.17, 15) is 9.18 Å². The van der Waals surface area contributed by atoms with Gasteiger partial charge in [0.2, 0.25) is 0 Å². The van der Waals surface area contributed by atoms with Crippen LogP contribution >= 0.6 is 11.6 Å². The van der Waals surface area contributed by atoms with E-state index in [-0.39, 0.29) is 18.0 Å². The zero-order valence-corrected chi connectivity index (χ0v) is 20.6. The van der Waals surface area contributed by atoms with Gasteiger partial charge in [-0.05, 0) is 49.1 Å². The summed E-state index contributed by atoms with van der Waals surface area (Å²) in [5, 5.41) is 7.44. The van der Waals surface area contributed by atoms with E-state index in [2.05, 4.69) is 16.7 Å².